The van der Waals surface area contributed by atoms with Crippen molar-refractivity contribution in [2.75, 3.05) is 9.80 Å². The molecule has 0 radical (unpaired) electrons. The molecule has 0 bridgehead atoms. The molecule has 0 unspecified atom stereocenters. The van der Waals surface area contributed by atoms with E-state index in [0.717, 1.165) is 33.9 Å². The first-order valence-corrected chi connectivity index (χ1v) is 14.1. The predicted molar refractivity (Wildman–Crippen MR) is 165 cm³/mol. The second-order valence-corrected chi connectivity index (χ2v) is 11.1. The third-order valence-corrected chi connectivity index (χ3v) is 8.94. The molecule has 0 saturated carbocycles. The van der Waals surface area contributed by atoms with Crippen LogP contribution in [0.1, 0.15) is 52.6 Å². The van der Waals surface area contributed by atoms with Crippen molar-refractivity contribution in [2.45, 2.75) is 6.42 Å². The Bertz CT molecular complexity index is 2240. The second-order valence-electron chi connectivity index (χ2n) is 11.1. The van der Waals surface area contributed by atoms with Gasteiger partial charge in [-0.2, -0.15) is 0 Å². The minimum Gasteiger partial charge on any atom is -0.268 e. The van der Waals surface area contributed by atoms with Crippen LogP contribution in [-0.4, -0.2) is 23.6 Å². The molecule has 2 heterocycles. The zero-order valence-corrected chi connectivity index (χ0v) is 22.6. The molecule has 6 aromatic carbocycles. The van der Waals surface area contributed by atoms with Gasteiger partial charge < -0.3 is 0 Å². The molecular formula is C37H20N2O4. The normalized spacial score (nSPS) is 15.0. The second kappa shape index (κ2) is 8.33. The monoisotopic (exact) mass is 556 g/mol. The van der Waals surface area contributed by atoms with E-state index in [1.165, 1.54) is 15.4 Å². The fourth-order valence-electron chi connectivity index (χ4n) is 7.00. The lowest BCUT2D eigenvalue weighted by Crippen LogP contribution is -2.43. The van der Waals surface area contributed by atoms with Gasteiger partial charge >= 0.3 is 0 Å². The number of hydrogen-bond donors (Lipinski definition) is 0. The molecule has 3 aliphatic rings. The lowest BCUT2D eigenvalue weighted by atomic mass is 9.85. The van der Waals surface area contributed by atoms with Crippen molar-refractivity contribution < 1.29 is 19.2 Å². The van der Waals surface area contributed by atoms with E-state index in [2.05, 4.69) is 12.1 Å². The molecule has 1 aliphatic carbocycles. The van der Waals surface area contributed by atoms with E-state index in [9.17, 15) is 19.2 Å². The summed E-state index contributed by atoms with van der Waals surface area (Å²) in [5.74, 6) is -1.93. The van der Waals surface area contributed by atoms with Gasteiger partial charge in [-0.1, -0.05) is 66.7 Å². The molecule has 6 aromatic rings. The quantitative estimate of drug-likeness (QED) is 0.212. The maximum Gasteiger partial charge on any atom is 0.266 e. The van der Waals surface area contributed by atoms with Gasteiger partial charge in [0.25, 0.3) is 23.6 Å². The van der Waals surface area contributed by atoms with E-state index in [1.807, 2.05) is 60.7 Å². The molecule has 6 nitrogen and oxygen atoms in total. The maximum atomic E-state index is 14.0. The number of anilines is 2. The summed E-state index contributed by atoms with van der Waals surface area (Å²) >= 11 is 0. The zero-order chi connectivity index (χ0) is 29.0. The van der Waals surface area contributed by atoms with Crippen molar-refractivity contribution in [1.82, 2.24) is 0 Å². The van der Waals surface area contributed by atoms with Gasteiger partial charge in [0.2, 0.25) is 0 Å². The Morgan fingerprint density at radius 2 is 0.977 bits per heavy atom. The molecular weight excluding hydrogens is 536 g/mol. The van der Waals surface area contributed by atoms with E-state index in [4.69, 9.17) is 0 Å². The van der Waals surface area contributed by atoms with Crippen molar-refractivity contribution in [1.29, 1.82) is 0 Å². The number of carbonyl (C=O) groups excluding carboxylic acids is 4. The Labute approximate surface area is 245 Å². The highest BCUT2D eigenvalue weighted by Gasteiger charge is 2.41. The fourth-order valence-corrected chi connectivity index (χ4v) is 7.00. The van der Waals surface area contributed by atoms with Gasteiger partial charge in [0.1, 0.15) is 0 Å². The standard InChI is InChI=1S/C37H20N2O4/c40-34-27-14-16-29-33-30(37(43)39(36(29)42)31-11-5-8-20-6-1-4-10-26(20)31)17-15-28(32(27)33)35(41)38(34)23-12-13-25-22(19-23)18-21-7-2-3-9-24(21)25/h1-17,19H,18H2. The fraction of sp³-hybridized carbons (Fsp3) is 0.0270. The molecule has 0 N–H and O–H groups in total. The Hall–Kier alpha value is -5.88. The topological polar surface area (TPSA) is 74.8 Å². The molecule has 202 valence electrons. The van der Waals surface area contributed by atoms with Crippen molar-refractivity contribution in [2.24, 2.45) is 0 Å². The lowest BCUT2D eigenvalue weighted by Gasteiger charge is -2.32. The minimum atomic E-state index is -0.488. The van der Waals surface area contributed by atoms with E-state index >= 15 is 0 Å². The molecule has 0 aromatic heterocycles. The maximum absolute atomic E-state index is 14.0. The van der Waals surface area contributed by atoms with Gasteiger partial charge in [0, 0.05) is 38.4 Å². The number of rotatable bonds is 2. The van der Waals surface area contributed by atoms with Crippen LogP contribution >= 0.6 is 0 Å². The number of amides is 4. The average Bonchev–Trinajstić information content (AvgIpc) is 3.41. The van der Waals surface area contributed by atoms with Crippen LogP contribution in [0.5, 0.6) is 0 Å². The Balaban J connectivity index is 1.17. The predicted octanol–water partition coefficient (Wildman–Crippen LogP) is 7.17. The number of nitrogens with zero attached hydrogens (tertiary/aromatic N) is 2. The zero-order valence-electron chi connectivity index (χ0n) is 22.6. The van der Waals surface area contributed by atoms with Crippen LogP contribution < -0.4 is 9.80 Å². The average molecular weight is 557 g/mol. The van der Waals surface area contributed by atoms with Crippen molar-refractivity contribution in [3.05, 3.63) is 143 Å². The first-order chi connectivity index (χ1) is 21.0. The van der Waals surface area contributed by atoms with Crippen LogP contribution in [0, 0.1) is 0 Å². The largest absolute Gasteiger partial charge is 0.268 e. The van der Waals surface area contributed by atoms with Gasteiger partial charge in [0.05, 0.1) is 11.4 Å². The summed E-state index contributed by atoms with van der Waals surface area (Å²) in [6.45, 7) is 0. The van der Waals surface area contributed by atoms with Crippen LogP contribution in [0.2, 0.25) is 0 Å². The van der Waals surface area contributed by atoms with Gasteiger partial charge in [0.15, 0.2) is 0 Å². The molecule has 0 atom stereocenters. The first-order valence-electron chi connectivity index (χ1n) is 14.1. The minimum absolute atomic E-state index is 0.285. The smallest absolute Gasteiger partial charge is 0.266 e. The molecule has 0 saturated heterocycles. The summed E-state index contributed by atoms with van der Waals surface area (Å²) in [7, 11) is 0. The molecule has 6 heteroatoms. The highest BCUT2D eigenvalue weighted by Crippen LogP contribution is 2.43. The SMILES string of the molecule is O=C1c2ccc3c4c(ccc(c24)C(=O)N1c1ccc2c(c1)Cc1ccccc1-2)C(=O)N(c1cccc2ccccc12)C3=O. The third-order valence-electron chi connectivity index (χ3n) is 8.94. The number of fused-ring (bicyclic) bond motifs is 4. The van der Waals surface area contributed by atoms with Gasteiger partial charge in [-0.05, 0) is 76.5 Å². The van der Waals surface area contributed by atoms with Crippen LogP contribution in [0.15, 0.2) is 109 Å². The highest BCUT2D eigenvalue weighted by atomic mass is 16.2. The van der Waals surface area contributed by atoms with Crippen LogP contribution in [-0.2, 0) is 6.42 Å². The summed E-state index contributed by atoms with van der Waals surface area (Å²) in [5.41, 5.74) is 6.66. The van der Waals surface area contributed by atoms with E-state index in [-0.39, 0.29) is 22.3 Å². The molecule has 9 rings (SSSR count). The molecule has 4 amide bonds. The molecule has 43 heavy (non-hydrogen) atoms. The van der Waals surface area contributed by atoms with Crippen LogP contribution in [0.4, 0.5) is 11.4 Å². The van der Waals surface area contributed by atoms with Crippen LogP contribution in [0.3, 0.4) is 0 Å². The summed E-state index contributed by atoms with van der Waals surface area (Å²) in [5, 5.41) is 2.39. The van der Waals surface area contributed by atoms with Crippen molar-refractivity contribution >= 4 is 56.5 Å². The number of imide groups is 2. The molecule has 0 spiro atoms. The lowest BCUT2D eigenvalue weighted by molar-refractivity contribution is 0.0873. The molecule has 0 fully saturated rings. The Morgan fingerprint density at radius 1 is 0.442 bits per heavy atom. The number of benzene rings is 6. The molecule has 2 aliphatic heterocycles. The van der Waals surface area contributed by atoms with E-state index < -0.39 is 23.6 Å². The number of carbonyl (C=O) groups is 4. The van der Waals surface area contributed by atoms with E-state index in [1.54, 1.807) is 36.4 Å². The summed E-state index contributed by atoms with van der Waals surface area (Å²) < 4.78 is 0. The van der Waals surface area contributed by atoms with Crippen LogP contribution in [0.25, 0.3) is 32.7 Å². The van der Waals surface area contributed by atoms with Crippen molar-refractivity contribution in [3.8, 4) is 11.1 Å². The van der Waals surface area contributed by atoms with Gasteiger partial charge in [-0.25, -0.2) is 9.80 Å². The van der Waals surface area contributed by atoms with E-state index in [0.29, 0.717) is 22.1 Å². The van der Waals surface area contributed by atoms with Crippen molar-refractivity contribution in [3.63, 3.8) is 0 Å². The first kappa shape index (κ1) is 23.8. The summed E-state index contributed by atoms with van der Waals surface area (Å²) in [6, 6.07) is 33.4. The Morgan fingerprint density at radius 3 is 1.67 bits per heavy atom. The highest BCUT2D eigenvalue weighted by molar-refractivity contribution is 6.42. The summed E-state index contributed by atoms with van der Waals surface area (Å²) in [4.78, 5) is 58.3. The summed E-state index contributed by atoms with van der Waals surface area (Å²) in [6.07, 6.45) is 0.728. The van der Waals surface area contributed by atoms with Gasteiger partial charge in [-0.15, -0.1) is 0 Å². The number of hydrogen-bond acceptors (Lipinski definition) is 4. The third kappa shape index (κ3) is 3.07. The Kier molecular flexibility index (Phi) is 4.61. The van der Waals surface area contributed by atoms with Gasteiger partial charge in [-0.3, -0.25) is 19.2 Å².